The van der Waals surface area contributed by atoms with Gasteiger partial charge in [-0.05, 0) is 48.9 Å². The molecule has 0 bridgehead atoms. The highest BCUT2D eigenvalue weighted by Gasteiger charge is 2.26. The molecule has 2 aromatic carbocycles. The Bertz CT molecular complexity index is 1040. The van der Waals surface area contributed by atoms with Gasteiger partial charge in [0.05, 0.1) is 0 Å². The smallest absolute Gasteiger partial charge is 0.247 e. The van der Waals surface area contributed by atoms with Gasteiger partial charge in [-0.2, -0.15) is 0 Å². The van der Waals surface area contributed by atoms with E-state index in [4.69, 9.17) is 0 Å². The summed E-state index contributed by atoms with van der Waals surface area (Å²) in [5.74, 6) is 0.451. The van der Waals surface area contributed by atoms with E-state index in [1.54, 1.807) is 0 Å². The molecule has 1 aliphatic carbocycles. The highest BCUT2D eigenvalue weighted by molar-refractivity contribution is 5.99. The molecule has 2 amide bonds. The Morgan fingerprint density at radius 3 is 2.53 bits per heavy atom. The molecule has 0 radical (unpaired) electrons. The first-order chi connectivity index (χ1) is 14.5. The number of aromatic amines is 1. The molecule has 1 heterocycles. The number of nitrogens with one attached hydrogen (secondary N) is 3. The van der Waals surface area contributed by atoms with Crippen LogP contribution in [-0.2, 0) is 16.0 Å². The predicted molar refractivity (Wildman–Crippen MR) is 120 cm³/mol. The van der Waals surface area contributed by atoms with Crippen molar-refractivity contribution in [2.24, 2.45) is 5.92 Å². The third kappa shape index (κ3) is 4.73. The Hall–Kier alpha value is -3.08. The van der Waals surface area contributed by atoms with Crippen molar-refractivity contribution in [3.8, 4) is 0 Å². The molecule has 5 heteroatoms. The van der Waals surface area contributed by atoms with Crippen LogP contribution in [0.5, 0.6) is 0 Å². The maximum Gasteiger partial charge on any atom is 0.247 e. The van der Waals surface area contributed by atoms with Crippen molar-refractivity contribution in [2.45, 2.75) is 52.0 Å². The zero-order valence-corrected chi connectivity index (χ0v) is 17.6. The Kier molecular flexibility index (Phi) is 5.88. The molecule has 1 saturated carbocycles. The molecule has 3 N–H and O–H groups in total. The standard InChI is InChI=1S/C25H29N3O2/c1-16-6-5-7-17(2)24(16)28-25(30)22(27-23(29)13-12-18-10-11-18)14-19-15-26-21-9-4-3-8-20(19)21/h3-9,15,18,22,26H,10-14H2,1-2H3,(H,27,29)(H,28,30). The molecule has 1 unspecified atom stereocenters. The number of carbonyl (C=O) groups excluding carboxylic acids is 2. The number of hydrogen-bond donors (Lipinski definition) is 3. The number of anilines is 1. The van der Waals surface area contributed by atoms with E-state index < -0.39 is 6.04 Å². The summed E-state index contributed by atoms with van der Waals surface area (Å²) in [6.07, 6.45) is 6.20. The lowest BCUT2D eigenvalue weighted by Crippen LogP contribution is -2.45. The minimum absolute atomic E-state index is 0.0524. The molecular formula is C25H29N3O2. The van der Waals surface area contributed by atoms with Crippen molar-refractivity contribution in [3.05, 3.63) is 65.4 Å². The summed E-state index contributed by atoms with van der Waals surface area (Å²) in [5, 5.41) is 7.13. The third-order valence-corrected chi connectivity index (χ3v) is 5.96. The van der Waals surface area contributed by atoms with Crippen molar-refractivity contribution in [1.29, 1.82) is 0 Å². The number of hydrogen-bond acceptors (Lipinski definition) is 2. The highest BCUT2D eigenvalue weighted by atomic mass is 16.2. The number of aryl methyl sites for hydroxylation is 2. The second-order valence-corrected chi connectivity index (χ2v) is 8.42. The summed E-state index contributed by atoms with van der Waals surface area (Å²) < 4.78 is 0. The number of para-hydroxylation sites is 2. The number of carbonyl (C=O) groups is 2. The number of fused-ring (bicyclic) bond motifs is 1. The van der Waals surface area contributed by atoms with Gasteiger partial charge in [0.25, 0.3) is 0 Å². The predicted octanol–water partition coefficient (Wildman–Crippen LogP) is 4.64. The number of amides is 2. The van der Waals surface area contributed by atoms with E-state index in [1.165, 1.54) is 12.8 Å². The minimum Gasteiger partial charge on any atom is -0.361 e. The molecule has 30 heavy (non-hydrogen) atoms. The minimum atomic E-state index is -0.630. The summed E-state index contributed by atoms with van der Waals surface area (Å²) in [5.41, 5.74) is 4.89. The van der Waals surface area contributed by atoms with E-state index in [9.17, 15) is 9.59 Å². The van der Waals surface area contributed by atoms with Gasteiger partial charge in [0.1, 0.15) is 6.04 Å². The second kappa shape index (κ2) is 8.74. The van der Waals surface area contributed by atoms with E-state index in [2.05, 4.69) is 15.6 Å². The quantitative estimate of drug-likeness (QED) is 0.513. The van der Waals surface area contributed by atoms with Crippen LogP contribution in [0.2, 0.25) is 0 Å². The second-order valence-electron chi connectivity index (χ2n) is 8.42. The lowest BCUT2D eigenvalue weighted by molar-refractivity contribution is -0.126. The molecule has 0 saturated heterocycles. The zero-order chi connectivity index (χ0) is 21.1. The van der Waals surface area contributed by atoms with E-state index >= 15 is 0 Å². The van der Waals surface area contributed by atoms with Gasteiger partial charge in [0, 0.05) is 35.6 Å². The van der Waals surface area contributed by atoms with Crippen molar-refractivity contribution < 1.29 is 9.59 Å². The topological polar surface area (TPSA) is 74.0 Å². The van der Waals surface area contributed by atoms with Crippen molar-refractivity contribution in [1.82, 2.24) is 10.3 Å². The fraction of sp³-hybridized carbons (Fsp3) is 0.360. The Morgan fingerprint density at radius 1 is 1.07 bits per heavy atom. The number of rotatable bonds is 8. The molecule has 1 aliphatic rings. The summed E-state index contributed by atoms with van der Waals surface area (Å²) in [7, 11) is 0. The average molecular weight is 404 g/mol. The molecule has 0 aliphatic heterocycles. The lowest BCUT2D eigenvalue weighted by Gasteiger charge is -2.20. The van der Waals surface area contributed by atoms with Gasteiger partial charge in [-0.3, -0.25) is 9.59 Å². The Morgan fingerprint density at radius 2 is 1.80 bits per heavy atom. The van der Waals surface area contributed by atoms with Gasteiger partial charge in [-0.1, -0.05) is 49.2 Å². The van der Waals surface area contributed by atoms with Gasteiger partial charge in [0.15, 0.2) is 0 Å². The van der Waals surface area contributed by atoms with Gasteiger partial charge in [0.2, 0.25) is 11.8 Å². The van der Waals surface area contributed by atoms with Crippen LogP contribution in [0.3, 0.4) is 0 Å². The number of benzene rings is 2. The molecule has 0 spiro atoms. The molecule has 156 valence electrons. The SMILES string of the molecule is Cc1cccc(C)c1NC(=O)C(Cc1c[nH]c2ccccc12)NC(=O)CCC1CC1. The average Bonchev–Trinajstić information content (AvgIpc) is 3.48. The van der Waals surface area contributed by atoms with Crippen LogP contribution >= 0.6 is 0 Å². The first-order valence-corrected chi connectivity index (χ1v) is 10.7. The van der Waals surface area contributed by atoms with E-state index in [-0.39, 0.29) is 11.8 Å². The molecule has 3 aromatic rings. The fourth-order valence-electron chi connectivity index (χ4n) is 3.96. The van der Waals surface area contributed by atoms with Gasteiger partial charge in [-0.15, -0.1) is 0 Å². The first-order valence-electron chi connectivity index (χ1n) is 10.7. The maximum atomic E-state index is 13.2. The monoisotopic (exact) mass is 403 g/mol. The number of aromatic nitrogens is 1. The highest BCUT2D eigenvalue weighted by Crippen LogP contribution is 2.33. The summed E-state index contributed by atoms with van der Waals surface area (Å²) in [6.45, 7) is 3.96. The van der Waals surface area contributed by atoms with E-state index in [1.807, 2.05) is 62.5 Å². The largest absolute Gasteiger partial charge is 0.361 e. The van der Waals surface area contributed by atoms with Gasteiger partial charge < -0.3 is 15.6 Å². The van der Waals surface area contributed by atoms with Crippen LogP contribution in [0.25, 0.3) is 10.9 Å². The van der Waals surface area contributed by atoms with Crippen molar-refractivity contribution in [2.75, 3.05) is 5.32 Å². The van der Waals surface area contributed by atoms with E-state index in [0.717, 1.165) is 39.7 Å². The molecular weight excluding hydrogens is 374 g/mol. The zero-order valence-electron chi connectivity index (χ0n) is 17.6. The maximum absolute atomic E-state index is 13.2. The van der Waals surface area contributed by atoms with Crippen LogP contribution in [0.1, 0.15) is 42.4 Å². The fourth-order valence-corrected chi connectivity index (χ4v) is 3.96. The van der Waals surface area contributed by atoms with E-state index in [0.29, 0.717) is 18.8 Å². The molecule has 1 aromatic heterocycles. The van der Waals surface area contributed by atoms with Crippen LogP contribution in [0, 0.1) is 19.8 Å². The van der Waals surface area contributed by atoms with Crippen LogP contribution in [0.4, 0.5) is 5.69 Å². The molecule has 1 atom stereocenters. The number of H-pyrrole nitrogens is 1. The van der Waals surface area contributed by atoms with Crippen LogP contribution in [-0.4, -0.2) is 22.8 Å². The molecule has 1 fully saturated rings. The summed E-state index contributed by atoms with van der Waals surface area (Å²) in [6, 6.07) is 13.3. The summed E-state index contributed by atoms with van der Waals surface area (Å²) >= 11 is 0. The molecule has 5 nitrogen and oxygen atoms in total. The van der Waals surface area contributed by atoms with Gasteiger partial charge in [-0.25, -0.2) is 0 Å². The van der Waals surface area contributed by atoms with Crippen molar-refractivity contribution in [3.63, 3.8) is 0 Å². The molecule has 4 rings (SSSR count). The summed E-state index contributed by atoms with van der Waals surface area (Å²) in [4.78, 5) is 29.1. The van der Waals surface area contributed by atoms with Gasteiger partial charge >= 0.3 is 0 Å². The lowest BCUT2D eigenvalue weighted by atomic mass is 10.0. The first kappa shape index (κ1) is 20.2. The van der Waals surface area contributed by atoms with Crippen molar-refractivity contribution >= 4 is 28.4 Å². The third-order valence-electron chi connectivity index (χ3n) is 5.96. The van der Waals surface area contributed by atoms with Crippen LogP contribution < -0.4 is 10.6 Å². The Labute approximate surface area is 177 Å². The Balaban J connectivity index is 1.54. The van der Waals surface area contributed by atoms with Crippen LogP contribution in [0.15, 0.2) is 48.7 Å². The normalized spacial score (nSPS) is 14.5.